The van der Waals surface area contributed by atoms with Crippen molar-refractivity contribution in [3.05, 3.63) is 35.4 Å². The second kappa shape index (κ2) is 9.87. The van der Waals surface area contributed by atoms with E-state index in [9.17, 15) is 4.79 Å². The van der Waals surface area contributed by atoms with Crippen molar-refractivity contribution in [2.75, 3.05) is 7.05 Å². The third kappa shape index (κ3) is 7.68. The van der Waals surface area contributed by atoms with E-state index in [0.717, 1.165) is 23.9 Å². The van der Waals surface area contributed by atoms with Gasteiger partial charge in [-0.05, 0) is 37.0 Å². The number of nitrogens with zero attached hydrogens (tertiary/aromatic N) is 1. The summed E-state index contributed by atoms with van der Waals surface area (Å²) >= 11 is 0. The molecule has 1 unspecified atom stereocenters. The number of nitrogens with two attached hydrogens (primary N) is 1. The Hall–Kier alpha value is -2.04. The van der Waals surface area contributed by atoms with Crippen LogP contribution in [0.25, 0.3) is 0 Å². The van der Waals surface area contributed by atoms with E-state index in [-0.39, 0.29) is 0 Å². The number of carbonyl (C=O) groups is 1. The molecule has 0 aliphatic carbocycles. The van der Waals surface area contributed by atoms with Crippen LogP contribution < -0.4 is 16.4 Å². The predicted molar refractivity (Wildman–Crippen MR) is 96.4 cm³/mol. The lowest BCUT2D eigenvalue weighted by Crippen LogP contribution is -2.41. The number of amides is 1. The van der Waals surface area contributed by atoms with Gasteiger partial charge in [-0.25, -0.2) is 0 Å². The Morgan fingerprint density at radius 1 is 1.17 bits per heavy atom. The lowest BCUT2D eigenvalue weighted by molar-refractivity contribution is 0.100. The Bertz CT molecular complexity index is 508. The van der Waals surface area contributed by atoms with Crippen molar-refractivity contribution in [1.29, 1.82) is 0 Å². The van der Waals surface area contributed by atoms with E-state index in [2.05, 4.69) is 36.4 Å². The third-order valence-corrected chi connectivity index (χ3v) is 3.72. The molecule has 0 aliphatic heterocycles. The second-order valence-electron chi connectivity index (χ2n) is 6.36. The van der Waals surface area contributed by atoms with Gasteiger partial charge in [0.2, 0.25) is 5.91 Å². The van der Waals surface area contributed by atoms with Crippen molar-refractivity contribution < 1.29 is 4.79 Å². The zero-order valence-corrected chi connectivity index (χ0v) is 14.7. The summed E-state index contributed by atoms with van der Waals surface area (Å²) in [5.74, 6) is 1.14. The summed E-state index contributed by atoms with van der Waals surface area (Å²) in [5.41, 5.74) is 6.83. The average Bonchev–Trinajstić information content (AvgIpc) is 2.51. The van der Waals surface area contributed by atoms with Crippen LogP contribution in [0, 0.1) is 5.92 Å². The maximum atomic E-state index is 11.1. The Labute approximate surface area is 139 Å². The molecule has 0 aromatic heterocycles. The molecule has 1 rings (SSSR count). The molecule has 0 heterocycles. The fraction of sp³-hybridized carbons (Fsp3) is 0.556. The Balaban J connectivity index is 2.40. The summed E-state index contributed by atoms with van der Waals surface area (Å²) in [6.45, 7) is 7.33. The number of carbonyl (C=O) groups excluding carboxylic acids is 1. The molecule has 1 aromatic carbocycles. The molecule has 4 N–H and O–H groups in total. The average molecular weight is 318 g/mol. The lowest BCUT2D eigenvalue weighted by atomic mass is 10.0. The molecule has 0 aliphatic rings. The first-order chi connectivity index (χ1) is 10.9. The molecule has 0 saturated heterocycles. The van der Waals surface area contributed by atoms with Gasteiger partial charge in [0, 0.05) is 25.2 Å². The Morgan fingerprint density at radius 2 is 1.83 bits per heavy atom. The SMILES string of the molecule is CN=C(NCc1ccc(C(N)=O)cc1)NC(C)CCCC(C)C. The van der Waals surface area contributed by atoms with Crippen molar-refractivity contribution >= 4 is 11.9 Å². The van der Waals surface area contributed by atoms with Crippen LogP contribution in [0.5, 0.6) is 0 Å². The number of hydrogen-bond acceptors (Lipinski definition) is 2. The fourth-order valence-corrected chi connectivity index (χ4v) is 2.31. The van der Waals surface area contributed by atoms with Gasteiger partial charge in [-0.15, -0.1) is 0 Å². The van der Waals surface area contributed by atoms with Crippen LogP contribution in [0.3, 0.4) is 0 Å². The predicted octanol–water partition coefficient (Wildman–Crippen LogP) is 2.67. The summed E-state index contributed by atoms with van der Waals surface area (Å²) in [7, 11) is 1.77. The van der Waals surface area contributed by atoms with E-state index in [0.29, 0.717) is 18.2 Å². The Kier molecular flexibility index (Phi) is 8.16. The van der Waals surface area contributed by atoms with Gasteiger partial charge >= 0.3 is 0 Å². The quantitative estimate of drug-likeness (QED) is 0.509. The van der Waals surface area contributed by atoms with Crippen LogP contribution in [-0.2, 0) is 6.54 Å². The van der Waals surface area contributed by atoms with Gasteiger partial charge in [-0.2, -0.15) is 0 Å². The summed E-state index contributed by atoms with van der Waals surface area (Å²) in [6, 6.07) is 7.66. The molecule has 5 heteroatoms. The molecular formula is C18H30N4O. The molecule has 0 bridgehead atoms. The van der Waals surface area contributed by atoms with Gasteiger partial charge in [0.1, 0.15) is 0 Å². The molecule has 0 radical (unpaired) electrons. The lowest BCUT2D eigenvalue weighted by Gasteiger charge is -2.18. The summed E-state index contributed by atoms with van der Waals surface area (Å²) < 4.78 is 0. The van der Waals surface area contributed by atoms with E-state index >= 15 is 0 Å². The first-order valence-corrected chi connectivity index (χ1v) is 8.28. The third-order valence-electron chi connectivity index (χ3n) is 3.72. The molecule has 0 saturated carbocycles. The van der Waals surface area contributed by atoms with Crippen molar-refractivity contribution in [1.82, 2.24) is 10.6 Å². The molecule has 0 spiro atoms. The minimum atomic E-state index is -0.405. The highest BCUT2D eigenvalue weighted by molar-refractivity contribution is 5.92. The normalized spacial score (nSPS) is 13.0. The maximum Gasteiger partial charge on any atom is 0.248 e. The zero-order chi connectivity index (χ0) is 17.2. The highest BCUT2D eigenvalue weighted by Gasteiger charge is 2.06. The number of aliphatic imine (C=N–C) groups is 1. The van der Waals surface area contributed by atoms with Crippen LogP contribution in [-0.4, -0.2) is 25.0 Å². The number of hydrogen-bond donors (Lipinski definition) is 3. The van der Waals surface area contributed by atoms with E-state index in [1.807, 2.05) is 12.1 Å². The highest BCUT2D eigenvalue weighted by atomic mass is 16.1. The molecule has 1 aromatic rings. The largest absolute Gasteiger partial charge is 0.366 e. The minimum Gasteiger partial charge on any atom is -0.366 e. The zero-order valence-electron chi connectivity index (χ0n) is 14.7. The number of nitrogens with one attached hydrogen (secondary N) is 2. The minimum absolute atomic E-state index is 0.386. The molecule has 1 amide bonds. The van der Waals surface area contributed by atoms with Gasteiger partial charge in [0.05, 0.1) is 0 Å². The first kappa shape index (κ1) is 19.0. The van der Waals surface area contributed by atoms with Gasteiger partial charge in [-0.3, -0.25) is 9.79 Å². The fourth-order valence-electron chi connectivity index (χ4n) is 2.31. The van der Waals surface area contributed by atoms with Gasteiger partial charge in [0.15, 0.2) is 5.96 Å². The van der Waals surface area contributed by atoms with E-state index in [1.54, 1.807) is 19.2 Å². The van der Waals surface area contributed by atoms with Crippen molar-refractivity contribution in [3.63, 3.8) is 0 Å². The molecule has 128 valence electrons. The highest BCUT2D eigenvalue weighted by Crippen LogP contribution is 2.08. The van der Waals surface area contributed by atoms with Gasteiger partial charge in [-0.1, -0.05) is 38.8 Å². The molecule has 0 fully saturated rings. The first-order valence-electron chi connectivity index (χ1n) is 8.28. The summed E-state index contributed by atoms with van der Waals surface area (Å²) in [5, 5.41) is 6.69. The number of rotatable bonds is 8. The Morgan fingerprint density at radius 3 is 2.35 bits per heavy atom. The smallest absolute Gasteiger partial charge is 0.248 e. The number of primary amides is 1. The second-order valence-corrected chi connectivity index (χ2v) is 6.36. The molecule has 1 atom stereocenters. The maximum absolute atomic E-state index is 11.1. The number of guanidine groups is 1. The monoisotopic (exact) mass is 318 g/mol. The van der Waals surface area contributed by atoms with Gasteiger partial charge in [0.25, 0.3) is 0 Å². The van der Waals surface area contributed by atoms with Crippen molar-refractivity contribution in [2.45, 2.75) is 52.6 Å². The van der Waals surface area contributed by atoms with Crippen LogP contribution in [0.2, 0.25) is 0 Å². The molecule has 5 nitrogen and oxygen atoms in total. The van der Waals surface area contributed by atoms with Gasteiger partial charge < -0.3 is 16.4 Å². The van der Waals surface area contributed by atoms with Crippen molar-refractivity contribution in [3.8, 4) is 0 Å². The van der Waals surface area contributed by atoms with E-state index < -0.39 is 5.91 Å². The van der Waals surface area contributed by atoms with Crippen LogP contribution in [0.15, 0.2) is 29.3 Å². The van der Waals surface area contributed by atoms with E-state index in [4.69, 9.17) is 5.73 Å². The number of benzene rings is 1. The molecular weight excluding hydrogens is 288 g/mol. The topological polar surface area (TPSA) is 79.5 Å². The van der Waals surface area contributed by atoms with Crippen LogP contribution in [0.4, 0.5) is 0 Å². The summed E-state index contributed by atoms with van der Waals surface area (Å²) in [4.78, 5) is 15.3. The van der Waals surface area contributed by atoms with Crippen molar-refractivity contribution in [2.24, 2.45) is 16.6 Å². The van der Waals surface area contributed by atoms with E-state index in [1.165, 1.54) is 12.8 Å². The van der Waals surface area contributed by atoms with Crippen LogP contribution in [0.1, 0.15) is 56.0 Å². The van der Waals surface area contributed by atoms with Crippen LogP contribution >= 0.6 is 0 Å². The standard InChI is InChI=1S/C18H30N4O/c1-13(2)6-5-7-14(3)22-18(20-4)21-12-15-8-10-16(11-9-15)17(19)23/h8-11,13-14H,5-7,12H2,1-4H3,(H2,19,23)(H2,20,21,22). The molecule has 23 heavy (non-hydrogen) atoms. The summed E-state index contributed by atoms with van der Waals surface area (Å²) in [6.07, 6.45) is 3.61.